The zero-order chi connectivity index (χ0) is 17.8. The molecule has 3 amide bonds. The van der Waals surface area contributed by atoms with Crippen molar-refractivity contribution in [1.29, 1.82) is 0 Å². The molecule has 2 fully saturated rings. The number of amides is 3. The molecule has 6 nitrogen and oxygen atoms in total. The first-order valence-electron chi connectivity index (χ1n) is 8.85. The minimum atomic E-state index is -0.168. The van der Waals surface area contributed by atoms with Crippen LogP contribution < -0.4 is 10.1 Å². The highest BCUT2D eigenvalue weighted by Crippen LogP contribution is 2.37. The van der Waals surface area contributed by atoms with E-state index in [4.69, 9.17) is 4.74 Å². The summed E-state index contributed by atoms with van der Waals surface area (Å²) in [5.41, 5.74) is 0.937. The Kier molecular flexibility index (Phi) is 5.36. The number of carbonyl (C=O) groups excluding carboxylic acids is 3. The number of nitrogens with zero attached hydrogens (tertiary/aromatic N) is 1. The highest BCUT2D eigenvalue weighted by Gasteiger charge is 2.47. The van der Waals surface area contributed by atoms with Gasteiger partial charge in [-0.3, -0.25) is 19.3 Å². The van der Waals surface area contributed by atoms with Crippen LogP contribution in [0, 0.1) is 11.8 Å². The number of benzene rings is 1. The van der Waals surface area contributed by atoms with Crippen molar-refractivity contribution in [2.24, 2.45) is 11.8 Å². The van der Waals surface area contributed by atoms with Crippen molar-refractivity contribution in [1.82, 2.24) is 10.2 Å². The Hall–Kier alpha value is -2.37. The molecule has 1 saturated heterocycles. The monoisotopic (exact) mass is 344 g/mol. The van der Waals surface area contributed by atoms with E-state index in [-0.39, 0.29) is 42.5 Å². The second-order valence-electron chi connectivity index (χ2n) is 6.70. The number of likely N-dealkylation sites (tertiary alicyclic amines) is 1. The number of rotatable bonds is 6. The van der Waals surface area contributed by atoms with E-state index in [9.17, 15) is 14.4 Å². The molecule has 1 N–H and O–H groups in total. The van der Waals surface area contributed by atoms with Gasteiger partial charge in [0.25, 0.3) is 0 Å². The second kappa shape index (κ2) is 7.68. The number of carbonyl (C=O) groups is 3. The maximum atomic E-state index is 12.4. The van der Waals surface area contributed by atoms with Crippen LogP contribution in [0.4, 0.5) is 0 Å². The maximum absolute atomic E-state index is 12.4. The van der Waals surface area contributed by atoms with Crippen LogP contribution in [0.1, 0.15) is 37.7 Å². The van der Waals surface area contributed by atoms with Gasteiger partial charge in [-0.15, -0.1) is 0 Å². The molecule has 1 aromatic rings. The van der Waals surface area contributed by atoms with E-state index in [0.29, 0.717) is 6.54 Å². The van der Waals surface area contributed by atoms with E-state index in [1.54, 1.807) is 7.11 Å². The quantitative estimate of drug-likeness (QED) is 0.800. The van der Waals surface area contributed by atoms with Gasteiger partial charge >= 0.3 is 0 Å². The molecule has 1 aliphatic carbocycles. The zero-order valence-electron chi connectivity index (χ0n) is 14.5. The molecular formula is C19H24N2O4. The SMILES string of the molecule is COc1cccc(CNC(=O)CCN2C(=O)[C@H]3CCCC[C@H]3C2=O)c1. The molecule has 0 radical (unpaired) electrons. The third-order valence-corrected chi connectivity index (χ3v) is 5.12. The van der Waals surface area contributed by atoms with E-state index < -0.39 is 0 Å². The number of methoxy groups -OCH3 is 1. The van der Waals surface area contributed by atoms with Crippen molar-refractivity contribution in [2.75, 3.05) is 13.7 Å². The van der Waals surface area contributed by atoms with E-state index in [1.165, 1.54) is 4.90 Å². The number of nitrogens with one attached hydrogen (secondary N) is 1. The highest BCUT2D eigenvalue weighted by atomic mass is 16.5. The Morgan fingerprint density at radius 1 is 1.20 bits per heavy atom. The van der Waals surface area contributed by atoms with Crippen molar-refractivity contribution in [3.8, 4) is 5.75 Å². The average molecular weight is 344 g/mol. The molecule has 1 aliphatic heterocycles. The zero-order valence-corrected chi connectivity index (χ0v) is 14.5. The minimum Gasteiger partial charge on any atom is -0.497 e. The van der Waals surface area contributed by atoms with Gasteiger partial charge in [-0.1, -0.05) is 25.0 Å². The predicted molar refractivity (Wildman–Crippen MR) is 91.6 cm³/mol. The lowest BCUT2D eigenvalue weighted by atomic mass is 9.81. The fourth-order valence-electron chi connectivity index (χ4n) is 3.74. The molecule has 0 bridgehead atoms. The number of hydrogen-bond acceptors (Lipinski definition) is 4. The van der Waals surface area contributed by atoms with Crippen LogP contribution in [-0.4, -0.2) is 36.3 Å². The fourth-order valence-corrected chi connectivity index (χ4v) is 3.74. The van der Waals surface area contributed by atoms with Crippen LogP contribution in [0.15, 0.2) is 24.3 Å². The summed E-state index contributed by atoms with van der Waals surface area (Å²) < 4.78 is 5.15. The van der Waals surface area contributed by atoms with Gasteiger partial charge in [-0.25, -0.2) is 0 Å². The summed E-state index contributed by atoms with van der Waals surface area (Å²) in [5, 5.41) is 2.82. The lowest BCUT2D eigenvalue weighted by Gasteiger charge is -2.19. The molecule has 134 valence electrons. The van der Waals surface area contributed by atoms with Crippen LogP contribution in [0.2, 0.25) is 0 Å². The second-order valence-corrected chi connectivity index (χ2v) is 6.70. The Labute approximate surface area is 147 Å². The van der Waals surface area contributed by atoms with Gasteiger partial charge in [0.1, 0.15) is 5.75 Å². The predicted octanol–water partition coefficient (Wildman–Crippen LogP) is 1.88. The van der Waals surface area contributed by atoms with Gasteiger partial charge in [0.2, 0.25) is 17.7 Å². The summed E-state index contributed by atoms with van der Waals surface area (Å²) in [4.78, 5) is 38.1. The first-order chi connectivity index (χ1) is 12.1. The van der Waals surface area contributed by atoms with Crippen molar-refractivity contribution in [3.63, 3.8) is 0 Å². The molecule has 0 aromatic heterocycles. The number of ether oxygens (including phenoxy) is 1. The molecule has 0 spiro atoms. The topological polar surface area (TPSA) is 75.7 Å². The molecular weight excluding hydrogens is 320 g/mol. The van der Waals surface area contributed by atoms with E-state index in [1.807, 2.05) is 24.3 Å². The third-order valence-electron chi connectivity index (χ3n) is 5.12. The summed E-state index contributed by atoms with van der Waals surface area (Å²) in [6.45, 7) is 0.567. The van der Waals surface area contributed by atoms with Crippen LogP contribution in [0.25, 0.3) is 0 Å². The summed E-state index contributed by atoms with van der Waals surface area (Å²) in [5.74, 6) is 0.0914. The summed E-state index contributed by atoms with van der Waals surface area (Å²) in [6.07, 6.45) is 3.76. The number of fused-ring (bicyclic) bond motifs is 1. The standard InChI is InChI=1S/C19H24N2O4/c1-25-14-6-4-5-13(11-14)12-20-17(22)9-10-21-18(23)15-7-2-3-8-16(15)19(21)24/h4-6,11,15-16H,2-3,7-10,12H2,1H3,(H,20,22)/t15-,16+. The van der Waals surface area contributed by atoms with Gasteiger partial charge in [0, 0.05) is 19.5 Å². The molecule has 0 unspecified atom stereocenters. The lowest BCUT2D eigenvalue weighted by Crippen LogP contribution is -2.35. The highest BCUT2D eigenvalue weighted by molar-refractivity contribution is 6.05. The molecule has 6 heteroatoms. The van der Waals surface area contributed by atoms with Crippen LogP contribution in [0.5, 0.6) is 5.75 Å². The molecule has 2 atom stereocenters. The summed E-state index contributed by atoms with van der Waals surface area (Å²) in [7, 11) is 1.60. The first kappa shape index (κ1) is 17.5. The average Bonchev–Trinajstić information content (AvgIpc) is 2.89. The number of hydrogen-bond donors (Lipinski definition) is 1. The Balaban J connectivity index is 1.48. The third kappa shape index (κ3) is 3.83. The van der Waals surface area contributed by atoms with Gasteiger partial charge < -0.3 is 10.1 Å². The summed E-state index contributed by atoms with van der Waals surface area (Å²) in [6, 6.07) is 7.47. The van der Waals surface area contributed by atoms with E-state index in [2.05, 4.69) is 5.32 Å². The number of imide groups is 1. The van der Waals surface area contributed by atoms with E-state index in [0.717, 1.165) is 37.0 Å². The largest absolute Gasteiger partial charge is 0.497 e. The van der Waals surface area contributed by atoms with Crippen molar-refractivity contribution in [2.45, 2.75) is 38.6 Å². The normalized spacial score (nSPS) is 22.7. The van der Waals surface area contributed by atoms with Gasteiger partial charge in [-0.2, -0.15) is 0 Å². The van der Waals surface area contributed by atoms with Crippen LogP contribution in [-0.2, 0) is 20.9 Å². The smallest absolute Gasteiger partial charge is 0.233 e. The molecule has 1 heterocycles. The molecule has 3 rings (SSSR count). The molecule has 1 saturated carbocycles. The lowest BCUT2D eigenvalue weighted by molar-refractivity contribution is -0.140. The van der Waals surface area contributed by atoms with Crippen LogP contribution in [0.3, 0.4) is 0 Å². The maximum Gasteiger partial charge on any atom is 0.233 e. The van der Waals surface area contributed by atoms with Crippen molar-refractivity contribution < 1.29 is 19.1 Å². The molecule has 2 aliphatic rings. The first-order valence-corrected chi connectivity index (χ1v) is 8.85. The van der Waals surface area contributed by atoms with Crippen molar-refractivity contribution in [3.05, 3.63) is 29.8 Å². The van der Waals surface area contributed by atoms with Crippen molar-refractivity contribution >= 4 is 17.7 Å². The Bertz CT molecular complexity index is 649. The Morgan fingerprint density at radius 3 is 2.52 bits per heavy atom. The minimum absolute atomic E-state index is 0.0877. The van der Waals surface area contributed by atoms with Gasteiger partial charge in [-0.05, 0) is 30.5 Å². The fraction of sp³-hybridized carbons (Fsp3) is 0.526. The Morgan fingerprint density at radius 2 is 1.88 bits per heavy atom. The molecule has 25 heavy (non-hydrogen) atoms. The summed E-state index contributed by atoms with van der Waals surface area (Å²) >= 11 is 0. The molecule has 1 aromatic carbocycles. The van der Waals surface area contributed by atoms with Gasteiger partial charge in [0.15, 0.2) is 0 Å². The van der Waals surface area contributed by atoms with Gasteiger partial charge in [0.05, 0.1) is 18.9 Å². The van der Waals surface area contributed by atoms with Crippen LogP contribution >= 0.6 is 0 Å². The van der Waals surface area contributed by atoms with E-state index >= 15 is 0 Å².